The highest BCUT2D eigenvalue weighted by Crippen LogP contribution is 2.43. The summed E-state index contributed by atoms with van der Waals surface area (Å²) in [7, 11) is 0. The highest BCUT2D eigenvalue weighted by atomic mass is 79.9. The number of phenolic OH excluding ortho intramolecular Hbond substituents is 1. The molecule has 1 fully saturated rings. The Bertz CT molecular complexity index is 1070. The number of aromatic hydroxyl groups is 1. The molecule has 0 unspecified atom stereocenters. The normalized spacial score (nSPS) is 19.5. The molecule has 0 spiro atoms. The average Bonchev–Trinajstić information content (AvgIpc) is 3.33. The largest absolute Gasteiger partial charge is 0.507 e. The predicted molar refractivity (Wildman–Crippen MR) is 115 cm³/mol. The lowest BCUT2D eigenvalue weighted by molar-refractivity contribution is -0.0165. The number of carbonyl (C=O) groups excluding carboxylic acids is 1. The van der Waals surface area contributed by atoms with Gasteiger partial charge in [-0.3, -0.25) is 9.69 Å². The molecule has 0 atom stereocenters. The number of likely N-dealkylation sites (tertiary alicyclic amines) is 1. The van der Waals surface area contributed by atoms with Crippen molar-refractivity contribution in [2.45, 2.75) is 32.9 Å². The van der Waals surface area contributed by atoms with Crippen LogP contribution in [0.1, 0.15) is 45.5 Å². The second kappa shape index (κ2) is 7.72. The van der Waals surface area contributed by atoms with E-state index < -0.39 is 0 Å². The van der Waals surface area contributed by atoms with E-state index >= 15 is 0 Å². The van der Waals surface area contributed by atoms with Gasteiger partial charge in [0.05, 0.1) is 17.7 Å². The third kappa shape index (κ3) is 3.41. The first kappa shape index (κ1) is 19.6. The number of aryl methyl sites for hydroxylation is 1. The summed E-state index contributed by atoms with van der Waals surface area (Å²) in [6, 6.07) is 5.50. The van der Waals surface area contributed by atoms with Crippen molar-refractivity contribution in [1.29, 1.82) is 0 Å². The Morgan fingerprint density at radius 2 is 2.00 bits per heavy atom. The highest BCUT2D eigenvalue weighted by Gasteiger charge is 2.34. The molecule has 156 valence electrons. The number of rotatable bonds is 3. The molecular weight excluding hydrogens is 450 g/mol. The molecule has 0 radical (unpaired) electrons. The molecule has 2 aromatic rings. The van der Waals surface area contributed by atoms with E-state index in [9.17, 15) is 9.90 Å². The van der Waals surface area contributed by atoms with Gasteiger partial charge in [-0.25, -0.2) is 0 Å². The summed E-state index contributed by atoms with van der Waals surface area (Å²) in [6.07, 6.45) is 4.02. The first-order valence-electron chi connectivity index (χ1n) is 10.1. The minimum atomic E-state index is -0.175. The summed E-state index contributed by atoms with van der Waals surface area (Å²) < 4.78 is 18.0. The zero-order valence-electron chi connectivity index (χ0n) is 16.7. The third-order valence-electron chi connectivity index (χ3n) is 5.79. The molecule has 2 aromatic carbocycles. The molecule has 1 saturated heterocycles. The number of benzene rings is 2. The van der Waals surface area contributed by atoms with Crippen LogP contribution in [0.5, 0.6) is 17.2 Å². The molecule has 0 bridgehead atoms. The zero-order chi connectivity index (χ0) is 20.8. The molecule has 3 aliphatic rings. The summed E-state index contributed by atoms with van der Waals surface area (Å²) in [4.78, 5) is 15.5. The van der Waals surface area contributed by atoms with Crippen LogP contribution in [0.3, 0.4) is 0 Å². The topological polar surface area (TPSA) is 68.2 Å². The molecule has 7 heteroatoms. The second-order valence-corrected chi connectivity index (χ2v) is 8.83. The van der Waals surface area contributed by atoms with Crippen molar-refractivity contribution in [3.8, 4) is 17.2 Å². The van der Waals surface area contributed by atoms with Gasteiger partial charge in [0.2, 0.25) is 5.78 Å². The average molecular weight is 472 g/mol. The van der Waals surface area contributed by atoms with Crippen molar-refractivity contribution in [1.82, 2.24) is 4.90 Å². The van der Waals surface area contributed by atoms with Gasteiger partial charge >= 0.3 is 0 Å². The molecule has 0 aromatic heterocycles. The number of ether oxygens (including phenoxy) is 3. The van der Waals surface area contributed by atoms with Crippen LogP contribution in [-0.4, -0.2) is 35.7 Å². The predicted octanol–water partition coefficient (Wildman–Crippen LogP) is 4.54. The van der Waals surface area contributed by atoms with Crippen LogP contribution in [0, 0.1) is 6.92 Å². The number of hydrogen-bond acceptors (Lipinski definition) is 6. The SMILES string of the molecule is Cc1cc(O)c(CN2CCCC2)c2c1C(=O)/C(=C/c1cc(Br)cc3c1OCOC3)O2. The van der Waals surface area contributed by atoms with E-state index in [1.54, 1.807) is 12.1 Å². The van der Waals surface area contributed by atoms with Gasteiger partial charge in [-0.15, -0.1) is 0 Å². The number of hydrogen-bond donors (Lipinski definition) is 1. The summed E-state index contributed by atoms with van der Waals surface area (Å²) in [5.74, 6) is 1.40. The number of allylic oxidation sites excluding steroid dienone is 1. The fraction of sp³-hybridized carbons (Fsp3) is 0.348. The van der Waals surface area contributed by atoms with Gasteiger partial charge in [-0.2, -0.15) is 0 Å². The molecule has 1 N–H and O–H groups in total. The van der Waals surface area contributed by atoms with Crippen LogP contribution >= 0.6 is 15.9 Å². The lowest BCUT2D eigenvalue weighted by Crippen LogP contribution is -2.19. The number of phenols is 1. The number of fused-ring (bicyclic) bond motifs is 2. The fourth-order valence-electron chi connectivity index (χ4n) is 4.35. The Kier molecular flexibility index (Phi) is 5.05. The van der Waals surface area contributed by atoms with Crippen LogP contribution in [0.2, 0.25) is 0 Å². The van der Waals surface area contributed by atoms with Crippen molar-refractivity contribution >= 4 is 27.8 Å². The first-order chi connectivity index (χ1) is 14.5. The number of halogens is 1. The molecule has 0 saturated carbocycles. The molecule has 30 heavy (non-hydrogen) atoms. The van der Waals surface area contributed by atoms with Crippen LogP contribution in [-0.2, 0) is 17.9 Å². The van der Waals surface area contributed by atoms with Crippen LogP contribution in [0.25, 0.3) is 6.08 Å². The maximum atomic E-state index is 13.2. The molecule has 3 heterocycles. The standard InChI is InChI=1S/C23H22BrNO5/c1-13-6-18(26)17(10-25-4-2-3-5-25)23-20(13)21(27)19(30-23)9-14-7-16(24)8-15-11-28-12-29-22(14)15/h6-9,26H,2-5,10-12H2,1H3/b19-9-. The maximum Gasteiger partial charge on any atom is 0.232 e. The molecule has 5 rings (SSSR count). The summed E-state index contributed by atoms with van der Waals surface area (Å²) >= 11 is 3.51. The maximum absolute atomic E-state index is 13.2. The smallest absolute Gasteiger partial charge is 0.232 e. The van der Waals surface area contributed by atoms with E-state index in [1.807, 2.05) is 19.1 Å². The van der Waals surface area contributed by atoms with Crippen LogP contribution in [0.4, 0.5) is 0 Å². The molecule has 0 aliphatic carbocycles. The lowest BCUT2D eigenvalue weighted by atomic mass is 9.99. The Labute approximate surface area is 183 Å². The number of Topliss-reactive ketones (excluding diaryl/α,β-unsaturated/α-hetero) is 1. The van der Waals surface area contributed by atoms with Gasteiger partial charge in [0.1, 0.15) is 17.2 Å². The van der Waals surface area contributed by atoms with Gasteiger partial charge in [0.15, 0.2) is 12.6 Å². The minimum Gasteiger partial charge on any atom is -0.507 e. The fourth-order valence-corrected chi connectivity index (χ4v) is 4.88. The molecule has 3 aliphatic heterocycles. The molecular formula is C23H22BrNO5. The summed E-state index contributed by atoms with van der Waals surface area (Å²) in [5, 5.41) is 10.6. The number of nitrogens with zero attached hydrogens (tertiary/aromatic N) is 1. The summed E-state index contributed by atoms with van der Waals surface area (Å²) in [6.45, 7) is 5.00. The summed E-state index contributed by atoms with van der Waals surface area (Å²) in [5.41, 5.74) is 3.58. The van der Waals surface area contributed by atoms with Crippen LogP contribution in [0.15, 0.2) is 28.4 Å². The van der Waals surface area contributed by atoms with Crippen molar-refractivity contribution in [2.24, 2.45) is 0 Å². The monoisotopic (exact) mass is 471 g/mol. The van der Waals surface area contributed by atoms with Crippen molar-refractivity contribution in [3.05, 3.63) is 56.2 Å². The van der Waals surface area contributed by atoms with Gasteiger partial charge < -0.3 is 19.3 Å². The Morgan fingerprint density at radius 3 is 2.80 bits per heavy atom. The molecule has 0 amide bonds. The minimum absolute atomic E-state index is 0.173. The Balaban J connectivity index is 1.55. The van der Waals surface area contributed by atoms with E-state index in [0.29, 0.717) is 41.3 Å². The van der Waals surface area contributed by atoms with Crippen molar-refractivity contribution in [3.63, 3.8) is 0 Å². The van der Waals surface area contributed by atoms with Gasteiger partial charge in [-0.05, 0) is 62.7 Å². The Morgan fingerprint density at radius 1 is 1.20 bits per heavy atom. The highest BCUT2D eigenvalue weighted by molar-refractivity contribution is 9.10. The number of ketones is 1. The van der Waals surface area contributed by atoms with E-state index in [4.69, 9.17) is 14.2 Å². The first-order valence-corrected chi connectivity index (χ1v) is 10.9. The Hall–Kier alpha value is -2.35. The van der Waals surface area contributed by atoms with Gasteiger partial charge in [-0.1, -0.05) is 15.9 Å². The van der Waals surface area contributed by atoms with E-state index in [-0.39, 0.29) is 24.1 Å². The number of carbonyl (C=O) groups is 1. The third-order valence-corrected chi connectivity index (χ3v) is 6.25. The van der Waals surface area contributed by atoms with E-state index in [2.05, 4.69) is 20.8 Å². The molecule has 6 nitrogen and oxygen atoms in total. The van der Waals surface area contributed by atoms with Crippen LogP contribution < -0.4 is 9.47 Å². The van der Waals surface area contributed by atoms with Gasteiger partial charge in [0, 0.05) is 22.1 Å². The quantitative estimate of drug-likeness (QED) is 0.662. The zero-order valence-corrected chi connectivity index (χ0v) is 18.3. The van der Waals surface area contributed by atoms with Crippen molar-refractivity contribution in [2.75, 3.05) is 19.9 Å². The van der Waals surface area contributed by atoms with E-state index in [1.165, 1.54) is 0 Å². The van der Waals surface area contributed by atoms with E-state index in [0.717, 1.165) is 41.5 Å². The second-order valence-electron chi connectivity index (χ2n) is 7.91. The lowest BCUT2D eigenvalue weighted by Gasteiger charge is -2.20. The van der Waals surface area contributed by atoms with Gasteiger partial charge in [0.25, 0.3) is 0 Å². The van der Waals surface area contributed by atoms with Crippen molar-refractivity contribution < 1.29 is 24.1 Å².